The van der Waals surface area contributed by atoms with Crippen molar-refractivity contribution in [1.82, 2.24) is 0 Å². The Balaban J connectivity index is 0.000000687. The van der Waals surface area contributed by atoms with Crippen LogP contribution in [-0.2, 0) is 9.59 Å². The first-order valence-electron chi connectivity index (χ1n) is 9.54. The number of hydrogen-bond donors (Lipinski definition) is 2. The molecule has 0 spiro atoms. The van der Waals surface area contributed by atoms with Crippen LogP contribution < -0.4 is 15.9 Å². The zero-order valence-electron chi connectivity index (χ0n) is 16.5. The molecule has 152 valence electrons. The van der Waals surface area contributed by atoms with Gasteiger partial charge in [0.15, 0.2) is 0 Å². The van der Waals surface area contributed by atoms with Gasteiger partial charge in [0.05, 0.1) is 0 Å². The van der Waals surface area contributed by atoms with Gasteiger partial charge in [-0.2, -0.15) is 0 Å². The van der Waals surface area contributed by atoms with Crippen molar-refractivity contribution in [3.63, 3.8) is 0 Å². The van der Waals surface area contributed by atoms with Crippen molar-refractivity contribution in [2.45, 2.75) is 19.8 Å². The van der Waals surface area contributed by atoms with E-state index >= 15 is 0 Å². The van der Waals surface area contributed by atoms with E-state index in [1.807, 2.05) is 18.2 Å². The molecule has 5 heteroatoms. The van der Waals surface area contributed by atoms with Gasteiger partial charge in [-0.3, -0.25) is 4.79 Å². The van der Waals surface area contributed by atoms with Gasteiger partial charge in [0.25, 0.3) is 5.97 Å². The number of carbonyl (C=O) groups is 2. The normalized spacial score (nSPS) is 11.1. The number of hydrogen-bond acceptors (Lipinski definition) is 2. The molecule has 29 heavy (non-hydrogen) atoms. The zero-order valence-corrected chi connectivity index (χ0v) is 17.5. The molecule has 2 N–H and O–H groups in total. The maximum atomic E-state index is 11.1. The summed E-state index contributed by atoms with van der Waals surface area (Å²) in [6.45, 7) is 1.08. The molecule has 0 amide bonds. The molecule has 0 aliphatic rings. The molecule has 0 unspecified atom stereocenters. The summed E-state index contributed by atoms with van der Waals surface area (Å²) in [4.78, 5) is 20.1. The average molecular weight is 410 g/mol. The molecule has 3 rings (SSSR count). The van der Waals surface area contributed by atoms with Gasteiger partial charge in [0.1, 0.15) is 0 Å². The van der Waals surface area contributed by atoms with E-state index in [9.17, 15) is 4.79 Å². The zero-order chi connectivity index (χ0) is 21.1. The molecule has 0 bridgehead atoms. The number of benzene rings is 3. The Bertz CT molecular complexity index is 795. The Labute approximate surface area is 172 Å². The van der Waals surface area contributed by atoms with Gasteiger partial charge in [-0.05, 0) is 0 Å². The molecule has 0 aliphatic heterocycles. The molecule has 0 fully saturated rings. The SMILES string of the molecule is CC(=O)O.O=C(O)CCC[PH](c1ccccc1)(c1ccccc1)c1ccccc1. The van der Waals surface area contributed by atoms with Crippen molar-refractivity contribution in [3.05, 3.63) is 91.0 Å². The van der Waals surface area contributed by atoms with Crippen LogP contribution in [0.1, 0.15) is 19.8 Å². The van der Waals surface area contributed by atoms with Crippen LogP contribution in [0.25, 0.3) is 0 Å². The second kappa shape index (κ2) is 11.1. The third-order valence-corrected chi connectivity index (χ3v) is 9.80. The second-order valence-electron chi connectivity index (χ2n) is 6.77. The fourth-order valence-corrected chi connectivity index (χ4v) is 8.46. The Morgan fingerprint density at radius 2 is 1.00 bits per heavy atom. The molecule has 0 aromatic heterocycles. The van der Waals surface area contributed by atoms with E-state index in [-0.39, 0.29) is 6.42 Å². The van der Waals surface area contributed by atoms with E-state index < -0.39 is 19.2 Å². The maximum absolute atomic E-state index is 11.1. The molecule has 0 saturated heterocycles. The topological polar surface area (TPSA) is 74.6 Å². The Morgan fingerprint density at radius 3 is 1.28 bits per heavy atom. The monoisotopic (exact) mass is 410 g/mol. The third kappa shape index (κ3) is 6.27. The minimum atomic E-state index is -2.25. The van der Waals surface area contributed by atoms with E-state index in [4.69, 9.17) is 15.0 Å². The van der Waals surface area contributed by atoms with E-state index in [1.165, 1.54) is 15.9 Å². The Hall–Kier alpha value is -2.97. The third-order valence-electron chi connectivity index (χ3n) is 4.74. The predicted molar refractivity (Wildman–Crippen MR) is 122 cm³/mol. The molecular formula is C24H27O4P. The van der Waals surface area contributed by atoms with Crippen molar-refractivity contribution in [3.8, 4) is 0 Å². The van der Waals surface area contributed by atoms with Crippen LogP contribution in [0.3, 0.4) is 0 Å². The van der Waals surface area contributed by atoms with Gasteiger partial charge < -0.3 is 5.11 Å². The molecule has 3 aromatic rings. The minimum absolute atomic E-state index is 0.210. The molecule has 0 atom stereocenters. The summed E-state index contributed by atoms with van der Waals surface area (Å²) in [5.74, 6) is -1.56. The first-order valence-corrected chi connectivity index (χ1v) is 11.8. The summed E-state index contributed by atoms with van der Waals surface area (Å²) in [5, 5.41) is 20.5. The van der Waals surface area contributed by atoms with Crippen LogP contribution in [0, 0.1) is 0 Å². The van der Waals surface area contributed by atoms with Crippen LogP contribution in [0.4, 0.5) is 0 Å². The van der Waals surface area contributed by atoms with Crippen molar-refractivity contribution in [2.75, 3.05) is 6.16 Å². The van der Waals surface area contributed by atoms with Gasteiger partial charge in [0, 0.05) is 6.92 Å². The molecule has 0 radical (unpaired) electrons. The van der Waals surface area contributed by atoms with Gasteiger partial charge in [-0.1, -0.05) is 0 Å². The molecule has 0 heterocycles. The van der Waals surface area contributed by atoms with Crippen molar-refractivity contribution < 1.29 is 19.8 Å². The van der Waals surface area contributed by atoms with Crippen LogP contribution >= 0.6 is 7.26 Å². The fraction of sp³-hybridized carbons (Fsp3) is 0.167. The van der Waals surface area contributed by atoms with E-state index in [0.717, 1.165) is 13.1 Å². The van der Waals surface area contributed by atoms with E-state index in [2.05, 4.69) is 72.8 Å². The Morgan fingerprint density at radius 1 is 0.690 bits per heavy atom. The van der Waals surface area contributed by atoms with Gasteiger partial charge >= 0.3 is 149 Å². The first kappa shape index (κ1) is 22.3. The first-order chi connectivity index (χ1) is 14.0. The molecule has 0 saturated carbocycles. The quantitative estimate of drug-likeness (QED) is 0.583. The van der Waals surface area contributed by atoms with Crippen LogP contribution in [0.2, 0.25) is 0 Å². The number of carboxylic acids is 2. The summed E-state index contributed by atoms with van der Waals surface area (Å²) >= 11 is 0. The van der Waals surface area contributed by atoms with Crippen molar-refractivity contribution >= 4 is 35.1 Å². The van der Waals surface area contributed by atoms with Gasteiger partial charge in [-0.15, -0.1) is 0 Å². The van der Waals surface area contributed by atoms with Gasteiger partial charge in [-0.25, -0.2) is 0 Å². The average Bonchev–Trinajstić information content (AvgIpc) is 2.73. The van der Waals surface area contributed by atoms with Crippen LogP contribution in [0.5, 0.6) is 0 Å². The predicted octanol–water partition coefficient (Wildman–Crippen LogP) is 3.67. The van der Waals surface area contributed by atoms with Crippen molar-refractivity contribution in [1.29, 1.82) is 0 Å². The number of rotatable bonds is 7. The standard InChI is InChI=1S/C22H23O2P.C2H4O2/c23-22(24)17-10-18-25(19-11-4-1-5-12-19,20-13-6-2-7-14-20)21-15-8-3-9-16-21;1-2(3)4/h1-9,11-16,25H,10,17-18H2,(H,23,24);1H3,(H,3,4). The molecule has 3 aromatic carbocycles. The van der Waals surface area contributed by atoms with E-state index in [0.29, 0.717) is 6.42 Å². The number of aliphatic carboxylic acids is 2. The summed E-state index contributed by atoms with van der Waals surface area (Å²) in [6, 6.07) is 31.8. The molecule has 4 nitrogen and oxygen atoms in total. The molecule has 0 aliphatic carbocycles. The number of carboxylic acid groups (broad SMARTS) is 2. The summed E-state index contributed by atoms with van der Waals surface area (Å²) in [5.41, 5.74) is 0. The summed E-state index contributed by atoms with van der Waals surface area (Å²) in [6.07, 6.45) is 1.78. The second-order valence-corrected chi connectivity index (χ2v) is 10.8. The summed E-state index contributed by atoms with van der Waals surface area (Å²) < 4.78 is 0. The van der Waals surface area contributed by atoms with Gasteiger partial charge in [0.2, 0.25) is 0 Å². The van der Waals surface area contributed by atoms with Crippen molar-refractivity contribution in [2.24, 2.45) is 0 Å². The van der Waals surface area contributed by atoms with Crippen LogP contribution in [-0.4, -0.2) is 28.3 Å². The molecular weight excluding hydrogens is 383 g/mol. The fourth-order valence-electron chi connectivity index (χ4n) is 3.61. The van der Waals surface area contributed by atoms with E-state index in [1.54, 1.807) is 0 Å². The Kier molecular flexibility index (Phi) is 8.57. The van der Waals surface area contributed by atoms with Crippen LogP contribution in [0.15, 0.2) is 91.0 Å². The summed E-state index contributed by atoms with van der Waals surface area (Å²) in [7, 11) is -2.25.